The maximum absolute atomic E-state index is 13.3. The minimum Gasteiger partial charge on any atom is -0.343 e. The van der Waals surface area contributed by atoms with E-state index in [0.29, 0.717) is 24.4 Å². The van der Waals surface area contributed by atoms with E-state index in [1.165, 1.54) is 0 Å². The van der Waals surface area contributed by atoms with Gasteiger partial charge in [-0.1, -0.05) is 37.3 Å². The van der Waals surface area contributed by atoms with Crippen molar-refractivity contribution in [3.63, 3.8) is 0 Å². The second kappa shape index (κ2) is 7.63. The van der Waals surface area contributed by atoms with Crippen LogP contribution in [-0.4, -0.2) is 37.6 Å². The highest BCUT2D eigenvalue weighted by Crippen LogP contribution is 2.31. The molecule has 1 N–H and O–H groups in total. The Morgan fingerprint density at radius 2 is 1.97 bits per heavy atom. The molecule has 2 aliphatic rings. The van der Waals surface area contributed by atoms with E-state index in [1.807, 2.05) is 30.0 Å². The maximum atomic E-state index is 13.3. The molecule has 2 aromatic carbocycles. The van der Waals surface area contributed by atoms with Crippen molar-refractivity contribution in [2.45, 2.75) is 50.5 Å². The van der Waals surface area contributed by atoms with Crippen LogP contribution in [0.15, 0.2) is 51.8 Å². The Morgan fingerprint density at radius 3 is 2.76 bits per heavy atom. The van der Waals surface area contributed by atoms with Gasteiger partial charge >= 0.3 is 0 Å². The van der Waals surface area contributed by atoms with Gasteiger partial charge in [-0.05, 0) is 55.9 Å². The Balaban J connectivity index is 1.67. The van der Waals surface area contributed by atoms with E-state index < -0.39 is 16.1 Å². The fraction of sp³-hybridized carbons (Fsp3) is 0.364. The number of aryl methyl sites for hydroxylation is 2. The molecule has 7 heteroatoms. The van der Waals surface area contributed by atoms with Crippen LogP contribution in [0.2, 0.25) is 0 Å². The van der Waals surface area contributed by atoms with Crippen LogP contribution in [0.3, 0.4) is 0 Å². The van der Waals surface area contributed by atoms with Gasteiger partial charge in [0.2, 0.25) is 5.91 Å². The van der Waals surface area contributed by atoms with Gasteiger partial charge in [0.25, 0.3) is 10.0 Å². The van der Waals surface area contributed by atoms with Crippen molar-refractivity contribution in [3.8, 4) is 0 Å². The fourth-order valence-electron chi connectivity index (χ4n) is 4.16. The lowest BCUT2D eigenvalue weighted by Crippen LogP contribution is -2.50. The lowest BCUT2D eigenvalue weighted by Gasteiger charge is -2.36. The van der Waals surface area contributed by atoms with E-state index in [1.54, 1.807) is 24.3 Å². The molecule has 1 fully saturated rings. The lowest BCUT2D eigenvalue weighted by molar-refractivity contribution is -0.120. The van der Waals surface area contributed by atoms with Gasteiger partial charge in [-0.2, -0.15) is 8.42 Å². The number of likely N-dealkylation sites (tertiary alicyclic amines) is 1. The first-order valence-electron chi connectivity index (χ1n) is 10.0. The van der Waals surface area contributed by atoms with Crippen molar-refractivity contribution in [3.05, 3.63) is 59.2 Å². The first-order valence-corrected chi connectivity index (χ1v) is 11.5. The van der Waals surface area contributed by atoms with Gasteiger partial charge in [0.15, 0.2) is 5.84 Å². The first kappa shape index (κ1) is 19.6. The molecule has 2 heterocycles. The number of amidine groups is 1. The second-order valence-corrected chi connectivity index (χ2v) is 9.12. The summed E-state index contributed by atoms with van der Waals surface area (Å²) in [6.07, 6.45) is 3.31. The van der Waals surface area contributed by atoms with E-state index in [4.69, 9.17) is 0 Å². The van der Waals surface area contributed by atoms with Crippen LogP contribution >= 0.6 is 0 Å². The van der Waals surface area contributed by atoms with Gasteiger partial charge in [-0.25, -0.2) is 0 Å². The highest BCUT2D eigenvalue weighted by Gasteiger charge is 2.38. The molecule has 0 aromatic heterocycles. The van der Waals surface area contributed by atoms with Crippen LogP contribution in [0.25, 0.3) is 0 Å². The number of carbonyl (C=O) groups excluding carboxylic acids is 1. The Labute approximate surface area is 171 Å². The minimum atomic E-state index is -3.71. The molecule has 2 aromatic rings. The summed E-state index contributed by atoms with van der Waals surface area (Å²) in [6, 6.07) is 12.4. The van der Waals surface area contributed by atoms with Crippen LogP contribution in [-0.2, 0) is 21.2 Å². The molecular weight excluding hydrogens is 386 g/mol. The summed E-state index contributed by atoms with van der Waals surface area (Å²) in [5.41, 5.74) is 3.54. The molecule has 29 heavy (non-hydrogen) atoms. The largest absolute Gasteiger partial charge is 0.343 e. The smallest absolute Gasteiger partial charge is 0.285 e. The summed E-state index contributed by atoms with van der Waals surface area (Å²) < 4.78 is 29.0. The van der Waals surface area contributed by atoms with Crippen molar-refractivity contribution < 1.29 is 13.2 Å². The molecule has 0 bridgehead atoms. The van der Waals surface area contributed by atoms with Crippen molar-refractivity contribution in [1.82, 2.24) is 4.90 Å². The van der Waals surface area contributed by atoms with Crippen molar-refractivity contribution in [1.29, 1.82) is 0 Å². The number of fused-ring (bicyclic) bond motifs is 1. The zero-order valence-corrected chi connectivity index (χ0v) is 17.5. The van der Waals surface area contributed by atoms with Crippen LogP contribution < -0.4 is 5.32 Å². The number of carbonyl (C=O) groups is 1. The van der Waals surface area contributed by atoms with E-state index in [9.17, 15) is 13.2 Å². The van der Waals surface area contributed by atoms with Gasteiger partial charge in [0.1, 0.15) is 10.9 Å². The third kappa shape index (κ3) is 3.55. The van der Waals surface area contributed by atoms with Gasteiger partial charge in [0.05, 0.1) is 0 Å². The van der Waals surface area contributed by atoms with Crippen molar-refractivity contribution in [2.24, 2.45) is 4.40 Å². The molecule has 2 aliphatic heterocycles. The summed E-state index contributed by atoms with van der Waals surface area (Å²) in [4.78, 5) is 15.4. The Kier molecular flexibility index (Phi) is 5.17. The predicted molar refractivity (Wildman–Crippen MR) is 114 cm³/mol. The van der Waals surface area contributed by atoms with E-state index in [2.05, 4.69) is 16.6 Å². The number of nitrogens with one attached hydrogen (secondary N) is 1. The standard InChI is InChI=1S/C22H25N3O3S/c1-3-16-10-8-9-15(2)20(16)23-22(26)18-12-6-7-14-25(18)21-17-11-4-5-13-19(17)29(27,28)24-21/h4-5,8-11,13,18H,3,6-7,12,14H2,1-2H3,(H,23,26)/t18-/m1/s1. The summed E-state index contributed by atoms with van der Waals surface area (Å²) in [5, 5.41) is 3.11. The van der Waals surface area contributed by atoms with Crippen LogP contribution in [0.5, 0.6) is 0 Å². The number of anilines is 1. The first-order chi connectivity index (χ1) is 13.9. The Hall–Kier alpha value is -2.67. The second-order valence-electron chi connectivity index (χ2n) is 7.54. The van der Waals surface area contributed by atoms with Gasteiger partial charge < -0.3 is 10.2 Å². The Morgan fingerprint density at radius 1 is 1.17 bits per heavy atom. The number of amides is 1. The predicted octanol–water partition coefficient (Wildman–Crippen LogP) is 3.50. The minimum absolute atomic E-state index is 0.113. The lowest BCUT2D eigenvalue weighted by atomic mass is 9.99. The number of para-hydroxylation sites is 1. The van der Waals surface area contributed by atoms with Crippen LogP contribution in [0.1, 0.15) is 42.9 Å². The van der Waals surface area contributed by atoms with Gasteiger partial charge in [-0.15, -0.1) is 4.40 Å². The number of hydrogen-bond donors (Lipinski definition) is 1. The third-order valence-corrected chi connectivity index (χ3v) is 7.00. The SMILES string of the molecule is CCc1cccc(C)c1NC(=O)[C@H]1CCCCN1C1=NS(=O)(=O)c2ccccc21. The molecule has 1 saturated heterocycles. The van der Waals surface area contributed by atoms with Gasteiger partial charge in [0, 0.05) is 17.8 Å². The molecule has 0 unspecified atom stereocenters. The summed E-state index contributed by atoms with van der Waals surface area (Å²) in [5.74, 6) is 0.277. The molecule has 1 atom stereocenters. The highest BCUT2D eigenvalue weighted by molar-refractivity contribution is 7.90. The number of rotatable bonds is 3. The molecule has 1 amide bonds. The molecule has 0 radical (unpaired) electrons. The molecule has 0 spiro atoms. The molecule has 0 aliphatic carbocycles. The molecule has 4 rings (SSSR count). The number of sulfonamides is 1. The maximum Gasteiger partial charge on any atom is 0.285 e. The average Bonchev–Trinajstić information content (AvgIpc) is 3.00. The molecule has 6 nitrogen and oxygen atoms in total. The zero-order valence-electron chi connectivity index (χ0n) is 16.7. The number of benzene rings is 2. The van der Waals surface area contributed by atoms with Gasteiger partial charge in [-0.3, -0.25) is 4.79 Å². The quantitative estimate of drug-likeness (QED) is 0.838. The van der Waals surface area contributed by atoms with E-state index >= 15 is 0 Å². The summed E-state index contributed by atoms with van der Waals surface area (Å²) in [7, 11) is -3.71. The Bertz CT molecular complexity index is 1090. The highest BCUT2D eigenvalue weighted by atomic mass is 32.2. The third-order valence-electron chi connectivity index (χ3n) is 5.68. The monoisotopic (exact) mass is 411 g/mol. The summed E-state index contributed by atoms with van der Waals surface area (Å²) in [6.45, 7) is 4.65. The number of hydrogen-bond acceptors (Lipinski definition) is 4. The summed E-state index contributed by atoms with van der Waals surface area (Å²) >= 11 is 0. The topological polar surface area (TPSA) is 78.8 Å². The van der Waals surface area contributed by atoms with Crippen LogP contribution in [0, 0.1) is 6.92 Å². The van der Waals surface area contributed by atoms with Crippen LogP contribution in [0.4, 0.5) is 5.69 Å². The van der Waals surface area contributed by atoms with Crippen molar-refractivity contribution >= 4 is 27.5 Å². The number of nitrogens with zero attached hydrogens (tertiary/aromatic N) is 2. The molecule has 0 saturated carbocycles. The zero-order chi connectivity index (χ0) is 20.6. The average molecular weight is 412 g/mol. The fourth-order valence-corrected chi connectivity index (χ4v) is 5.38. The number of piperidine rings is 1. The van der Waals surface area contributed by atoms with Crippen molar-refractivity contribution in [2.75, 3.05) is 11.9 Å². The molecular formula is C22H25N3O3S. The van der Waals surface area contributed by atoms with E-state index in [-0.39, 0.29) is 10.8 Å². The normalized spacial score (nSPS) is 20.1. The molecule has 152 valence electrons. The van der Waals surface area contributed by atoms with E-state index in [0.717, 1.165) is 36.1 Å².